The fourth-order valence-electron chi connectivity index (χ4n) is 5.86. The van der Waals surface area contributed by atoms with E-state index in [9.17, 15) is 5.11 Å². The van der Waals surface area contributed by atoms with E-state index in [2.05, 4.69) is 138 Å². The van der Waals surface area contributed by atoms with Crippen molar-refractivity contribution in [1.82, 2.24) is 14.5 Å². The second-order valence-corrected chi connectivity index (χ2v) is 13.8. The Balaban J connectivity index is 0.00000400. The zero-order valence-corrected chi connectivity index (χ0v) is 29.5. The van der Waals surface area contributed by atoms with E-state index < -0.39 is 0 Å². The van der Waals surface area contributed by atoms with Gasteiger partial charge < -0.3 is 9.67 Å². The van der Waals surface area contributed by atoms with Gasteiger partial charge in [0.25, 0.3) is 0 Å². The quantitative estimate of drug-likeness (QED) is 0.182. The smallest absolute Gasteiger partial charge is 0.143 e. The number of phenolic OH excluding ortho intramolecular Hbond substituents is 1. The molecule has 0 aliphatic heterocycles. The van der Waals surface area contributed by atoms with Gasteiger partial charge in [-0.2, -0.15) is 0 Å². The second-order valence-electron chi connectivity index (χ2n) is 13.8. The summed E-state index contributed by atoms with van der Waals surface area (Å²) in [6, 6.07) is 32.9. The summed E-state index contributed by atoms with van der Waals surface area (Å²) in [5.74, 6) is 1.03. The number of para-hydroxylation sites is 1. The molecule has 0 fully saturated rings. The molecule has 0 aliphatic rings. The van der Waals surface area contributed by atoms with Crippen LogP contribution in [0.2, 0.25) is 0 Å². The van der Waals surface area contributed by atoms with Crippen molar-refractivity contribution in [2.45, 2.75) is 59.3 Å². The van der Waals surface area contributed by atoms with Gasteiger partial charge in [-0.25, -0.2) is 4.98 Å². The summed E-state index contributed by atoms with van der Waals surface area (Å²) in [4.78, 5) is 9.98. The van der Waals surface area contributed by atoms with Crippen molar-refractivity contribution in [2.75, 3.05) is 0 Å². The monoisotopic (exact) mass is 773 g/mol. The first kappa shape index (κ1) is 32.4. The fourth-order valence-corrected chi connectivity index (χ4v) is 5.86. The second kappa shape index (κ2) is 12.1. The summed E-state index contributed by atoms with van der Waals surface area (Å²) in [6.07, 6.45) is 1.94. The maximum Gasteiger partial charge on any atom is 0.143 e. The molecule has 0 unspecified atom stereocenters. The van der Waals surface area contributed by atoms with Gasteiger partial charge in [-0.1, -0.05) is 107 Å². The van der Waals surface area contributed by atoms with Gasteiger partial charge in [-0.15, -0.1) is 29.8 Å². The molecule has 4 aromatic carbocycles. The number of benzene rings is 4. The molecule has 6 aromatic rings. The maximum atomic E-state index is 11.6. The Hall–Kier alpha value is -4.01. The van der Waals surface area contributed by atoms with Crippen molar-refractivity contribution >= 4 is 11.0 Å². The third-order valence-corrected chi connectivity index (χ3v) is 8.49. The number of nitrogens with zero attached hydrogens (tertiary/aromatic N) is 3. The molecular weight excluding hydrogens is 734 g/mol. The predicted octanol–water partition coefficient (Wildman–Crippen LogP) is 10.0. The third-order valence-electron chi connectivity index (χ3n) is 8.49. The molecule has 1 N–H and O–H groups in total. The Morgan fingerprint density at radius 1 is 0.733 bits per heavy atom. The molecule has 232 valence electrons. The van der Waals surface area contributed by atoms with Crippen LogP contribution >= 0.6 is 0 Å². The van der Waals surface area contributed by atoms with Crippen LogP contribution in [0.25, 0.3) is 55.9 Å². The number of aromatic nitrogens is 3. The molecule has 0 saturated heterocycles. The normalized spacial score (nSPS) is 11.9. The summed E-state index contributed by atoms with van der Waals surface area (Å²) in [5, 5.41) is 11.6. The summed E-state index contributed by atoms with van der Waals surface area (Å²) in [7, 11) is 2.02. The van der Waals surface area contributed by atoms with Crippen molar-refractivity contribution in [3.05, 3.63) is 114 Å². The maximum absolute atomic E-state index is 11.6. The summed E-state index contributed by atoms with van der Waals surface area (Å²) < 4.78 is 2.09. The Bertz CT molecular complexity index is 2010. The molecule has 6 rings (SSSR count). The number of fused-ring (bicyclic) bond motifs is 1. The molecule has 0 radical (unpaired) electrons. The van der Waals surface area contributed by atoms with Crippen LogP contribution < -0.4 is 0 Å². The molecule has 0 amide bonds. The van der Waals surface area contributed by atoms with E-state index in [0.29, 0.717) is 5.75 Å². The minimum absolute atomic E-state index is 0. The van der Waals surface area contributed by atoms with E-state index in [1.807, 2.05) is 19.3 Å². The summed E-state index contributed by atoms with van der Waals surface area (Å²) in [5.41, 5.74) is 11.6. The van der Waals surface area contributed by atoms with Gasteiger partial charge in [-0.3, -0.25) is 4.98 Å². The first-order valence-electron chi connectivity index (χ1n) is 15.2. The Labute approximate surface area is 281 Å². The number of hydrogen-bond donors (Lipinski definition) is 1. The number of aryl methyl sites for hydroxylation is 2. The van der Waals surface area contributed by atoms with Crippen molar-refractivity contribution in [2.24, 2.45) is 7.05 Å². The van der Waals surface area contributed by atoms with Gasteiger partial charge in [-0.05, 0) is 52.1 Å². The Morgan fingerprint density at radius 3 is 2.11 bits per heavy atom. The van der Waals surface area contributed by atoms with Crippen LogP contribution in [0, 0.1) is 13.0 Å². The van der Waals surface area contributed by atoms with E-state index in [1.54, 1.807) is 0 Å². The van der Waals surface area contributed by atoms with Crippen LogP contribution in [0.15, 0.2) is 91.1 Å². The molecule has 0 bridgehead atoms. The van der Waals surface area contributed by atoms with Crippen LogP contribution in [0.3, 0.4) is 0 Å². The molecule has 0 spiro atoms. The Morgan fingerprint density at radius 2 is 1.42 bits per heavy atom. The van der Waals surface area contributed by atoms with Gasteiger partial charge in [0.15, 0.2) is 0 Å². The molecule has 4 nitrogen and oxygen atoms in total. The van der Waals surface area contributed by atoms with E-state index in [0.717, 1.165) is 61.5 Å². The van der Waals surface area contributed by atoms with Crippen molar-refractivity contribution in [1.29, 1.82) is 0 Å². The molecule has 0 atom stereocenters. The molecule has 2 aromatic heterocycles. The van der Waals surface area contributed by atoms with E-state index >= 15 is 0 Å². The number of pyridine rings is 1. The van der Waals surface area contributed by atoms with Crippen LogP contribution in [0.5, 0.6) is 5.75 Å². The predicted molar refractivity (Wildman–Crippen MR) is 183 cm³/mol. The summed E-state index contributed by atoms with van der Waals surface area (Å²) in [6.45, 7) is 15.1. The average Bonchev–Trinajstić information content (AvgIpc) is 3.33. The average molecular weight is 774 g/mol. The first-order valence-corrected chi connectivity index (χ1v) is 15.2. The minimum atomic E-state index is -0.227. The number of hydrogen-bond acceptors (Lipinski definition) is 3. The standard InChI is InChI=1S/C40H40N3O.Pt/c1-25-24-41-34(23-31(25)26-14-10-9-11-15-26)28-17-12-16-27(20-28)30-18-13-19-35-36(30)42-38(43(35)8)32-21-29(39(2,3)4)22-33(37(32)44)40(5,6)7;/h9-19,21-24,44H,1-8H3;/q-1;. The summed E-state index contributed by atoms with van der Waals surface area (Å²) >= 11 is 0. The molecule has 5 heteroatoms. The molecular formula is C40H40N3OPt-. The third kappa shape index (κ3) is 6.13. The van der Waals surface area contributed by atoms with Crippen molar-refractivity contribution in [3.63, 3.8) is 0 Å². The zero-order chi connectivity index (χ0) is 31.4. The molecule has 0 aliphatic carbocycles. The minimum Gasteiger partial charge on any atom is -0.507 e. The largest absolute Gasteiger partial charge is 0.507 e. The number of imidazole rings is 1. The van der Waals surface area contributed by atoms with E-state index in [1.165, 1.54) is 11.1 Å². The van der Waals surface area contributed by atoms with Crippen LogP contribution in [0.4, 0.5) is 0 Å². The first-order chi connectivity index (χ1) is 20.8. The number of rotatable bonds is 4. The number of aromatic hydroxyl groups is 1. The van der Waals surface area contributed by atoms with Gasteiger partial charge >= 0.3 is 0 Å². The van der Waals surface area contributed by atoms with Gasteiger partial charge in [0.05, 0.1) is 16.6 Å². The molecule has 0 saturated carbocycles. The SMILES string of the molecule is Cc1cnc(-c2[c-]c(-c3cccc4c3nc(-c3cc(C(C)(C)C)cc(C(C)(C)C)c3O)n4C)ccc2)cc1-c1ccccc1.[Pt]. The number of phenols is 1. The molecule has 45 heavy (non-hydrogen) atoms. The van der Waals surface area contributed by atoms with E-state index in [-0.39, 0.29) is 31.9 Å². The fraction of sp³-hybridized carbons (Fsp3) is 0.250. The van der Waals surface area contributed by atoms with Crippen molar-refractivity contribution < 1.29 is 26.2 Å². The van der Waals surface area contributed by atoms with Crippen LogP contribution in [-0.4, -0.2) is 19.6 Å². The Kier molecular flexibility index (Phi) is 8.68. The van der Waals surface area contributed by atoms with Crippen molar-refractivity contribution in [3.8, 4) is 50.6 Å². The topological polar surface area (TPSA) is 50.9 Å². The zero-order valence-electron chi connectivity index (χ0n) is 27.3. The van der Waals surface area contributed by atoms with Gasteiger partial charge in [0.2, 0.25) is 0 Å². The van der Waals surface area contributed by atoms with Crippen LogP contribution in [0.1, 0.15) is 58.2 Å². The van der Waals surface area contributed by atoms with Gasteiger partial charge in [0.1, 0.15) is 11.6 Å². The van der Waals surface area contributed by atoms with E-state index in [4.69, 9.17) is 9.97 Å². The molecule has 2 heterocycles. The van der Waals surface area contributed by atoms with Crippen LogP contribution in [-0.2, 0) is 38.9 Å². The van der Waals surface area contributed by atoms with Gasteiger partial charge in [0, 0.05) is 45.6 Å².